The van der Waals surface area contributed by atoms with E-state index in [1.165, 1.54) is 0 Å². The number of piperazine rings is 1. The Bertz CT molecular complexity index is 899. The van der Waals surface area contributed by atoms with Crippen molar-refractivity contribution in [2.45, 2.75) is 6.92 Å². The number of amides is 1. The number of rotatable bonds is 4. The smallest absolute Gasteiger partial charge is 0.238 e. The normalized spacial score (nSPS) is 15.3. The number of aromatic amines is 1. The third-order valence-electron chi connectivity index (χ3n) is 4.77. The fourth-order valence-electron chi connectivity index (χ4n) is 3.30. The Kier molecular flexibility index (Phi) is 4.53. The van der Waals surface area contributed by atoms with Crippen molar-refractivity contribution in [3.8, 4) is 0 Å². The summed E-state index contributed by atoms with van der Waals surface area (Å²) >= 11 is 0. The molecule has 0 atom stereocenters. The van der Waals surface area contributed by atoms with Crippen molar-refractivity contribution >= 4 is 28.3 Å². The van der Waals surface area contributed by atoms with E-state index in [9.17, 15) is 4.79 Å². The fourth-order valence-corrected chi connectivity index (χ4v) is 3.30. The highest BCUT2D eigenvalue weighted by molar-refractivity contribution is 5.95. The lowest BCUT2D eigenvalue weighted by molar-refractivity contribution is -0.117. The van der Waals surface area contributed by atoms with Crippen LogP contribution in [0, 0.1) is 6.92 Å². The molecule has 1 aliphatic heterocycles. The van der Waals surface area contributed by atoms with Crippen LogP contribution in [0.15, 0.2) is 42.7 Å². The van der Waals surface area contributed by atoms with Crippen LogP contribution in [-0.2, 0) is 4.79 Å². The summed E-state index contributed by atoms with van der Waals surface area (Å²) < 4.78 is 0. The quantitative estimate of drug-likeness (QED) is 0.753. The van der Waals surface area contributed by atoms with E-state index >= 15 is 0 Å². The molecule has 7 heteroatoms. The van der Waals surface area contributed by atoms with E-state index in [-0.39, 0.29) is 5.91 Å². The van der Waals surface area contributed by atoms with E-state index in [2.05, 4.69) is 30.3 Å². The summed E-state index contributed by atoms with van der Waals surface area (Å²) in [5.41, 5.74) is 2.84. The maximum absolute atomic E-state index is 12.5. The first-order chi connectivity index (χ1) is 12.7. The number of fused-ring (bicyclic) bond motifs is 1. The Balaban J connectivity index is 1.33. The van der Waals surface area contributed by atoms with Gasteiger partial charge >= 0.3 is 0 Å². The van der Waals surface area contributed by atoms with Crippen LogP contribution in [0.1, 0.15) is 5.56 Å². The average molecular weight is 350 g/mol. The van der Waals surface area contributed by atoms with E-state index in [4.69, 9.17) is 0 Å². The van der Waals surface area contributed by atoms with Crippen molar-refractivity contribution in [2.75, 3.05) is 42.9 Å². The summed E-state index contributed by atoms with van der Waals surface area (Å²) in [4.78, 5) is 21.3. The molecule has 0 bridgehead atoms. The molecule has 2 aromatic heterocycles. The maximum atomic E-state index is 12.5. The van der Waals surface area contributed by atoms with Gasteiger partial charge in [0.05, 0.1) is 18.3 Å². The molecule has 0 spiro atoms. The molecular formula is C19H22N6O. The molecular weight excluding hydrogens is 328 g/mol. The monoisotopic (exact) mass is 350 g/mol. The highest BCUT2D eigenvalue weighted by atomic mass is 16.2. The molecule has 0 saturated carbocycles. The van der Waals surface area contributed by atoms with Gasteiger partial charge in [-0.15, -0.1) is 0 Å². The van der Waals surface area contributed by atoms with Crippen molar-refractivity contribution < 1.29 is 4.79 Å². The lowest BCUT2D eigenvalue weighted by Crippen LogP contribution is -2.48. The zero-order valence-electron chi connectivity index (χ0n) is 14.8. The molecule has 0 radical (unpaired) electrons. The Labute approximate surface area is 152 Å². The zero-order valence-corrected chi connectivity index (χ0v) is 14.8. The second-order valence-corrected chi connectivity index (χ2v) is 6.62. The standard InChI is InChI=1S/C19H22N6O/c1-14-10-17-15(12-21-23-17)11-16(14)22-19(26)13-24-6-8-25(9-7-24)18-4-2-3-5-20-18/h2-5,10-12H,6-9,13H2,1H3,(H,21,23)(H,22,26). The van der Waals surface area contributed by atoms with Gasteiger partial charge in [-0.1, -0.05) is 6.07 Å². The Morgan fingerprint density at radius 1 is 1.23 bits per heavy atom. The minimum absolute atomic E-state index is 0.0160. The lowest BCUT2D eigenvalue weighted by atomic mass is 10.1. The summed E-state index contributed by atoms with van der Waals surface area (Å²) in [7, 11) is 0. The summed E-state index contributed by atoms with van der Waals surface area (Å²) in [6.45, 7) is 5.85. The molecule has 3 aromatic rings. The first kappa shape index (κ1) is 16.5. The van der Waals surface area contributed by atoms with Gasteiger partial charge in [-0.2, -0.15) is 5.10 Å². The van der Waals surface area contributed by atoms with E-state index in [1.54, 1.807) is 6.20 Å². The van der Waals surface area contributed by atoms with Gasteiger partial charge in [-0.05, 0) is 36.8 Å². The number of hydrogen-bond acceptors (Lipinski definition) is 5. The molecule has 2 N–H and O–H groups in total. The van der Waals surface area contributed by atoms with Gasteiger partial charge in [0, 0.05) is 43.4 Å². The van der Waals surface area contributed by atoms with Crippen LogP contribution in [0.25, 0.3) is 10.9 Å². The number of carbonyl (C=O) groups is 1. The number of carbonyl (C=O) groups excluding carboxylic acids is 1. The predicted octanol–water partition coefficient (Wildman–Crippen LogP) is 2.03. The van der Waals surface area contributed by atoms with E-state index < -0.39 is 0 Å². The third-order valence-corrected chi connectivity index (χ3v) is 4.77. The van der Waals surface area contributed by atoms with Gasteiger partial charge in [0.2, 0.25) is 5.91 Å². The van der Waals surface area contributed by atoms with Crippen molar-refractivity contribution in [3.05, 3.63) is 48.3 Å². The number of anilines is 2. The number of pyridine rings is 1. The second kappa shape index (κ2) is 7.13. The van der Waals surface area contributed by atoms with Crippen molar-refractivity contribution in [1.29, 1.82) is 0 Å². The molecule has 0 unspecified atom stereocenters. The van der Waals surface area contributed by atoms with Crippen LogP contribution in [0.5, 0.6) is 0 Å². The topological polar surface area (TPSA) is 77.2 Å². The van der Waals surface area contributed by atoms with Crippen LogP contribution >= 0.6 is 0 Å². The molecule has 1 amide bonds. The zero-order chi connectivity index (χ0) is 17.9. The molecule has 0 aliphatic carbocycles. The number of benzene rings is 1. The van der Waals surface area contributed by atoms with Gasteiger partial charge in [-0.25, -0.2) is 4.98 Å². The van der Waals surface area contributed by atoms with E-state index in [0.717, 1.165) is 54.2 Å². The van der Waals surface area contributed by atoms with Gasteiger partial charge in [0.25, 0.3) is 0 Å². The van der Waals surface area contributed by atoms with Crippen molar-refractivity contribution in [2.24, 2.45) is 0 Å². The summed E-state index contributed by atoms with van der Waals surface area (Å²) in [6.07, 6.45) is 3.58. The summed E-state index contributed by atoms with van der Waals surface area (Å²) in [5, 5.41) is 11.0. The van der Waals surface area contributed by atoms with E-state index in [1.807, 2.05) is 43.5 Å². The molecule has 1 fully saturated rings. The molecule has 3 heterocycles. The first-order valence-corrected chi connectivity index (χ1v) is 8.81. The van der Waals surface area contributed by atoms with Crippen LogP contribution in [0.3, 0.4) is 0 Å². The number of aryl methyl sites for hydroxylation is 1. The molecule has 134 valence electrons. The summed E-state index contributed by atoms with van der Waals surface area (Å²) in [6, 6.07) is 9.92. The largest absolute Gasteiger partial charge is 0.354 e. The van der Waals surface area contributed by atoms with Crippen molar-refractivity contribution in [1.82, 2.24) is 20.1 Å². The van der Waals surface area contributed by atoms with Crippen molar-refractivity contribution in [3.63, 3.8) is 0 Å². The third kappa shape index (κ3) is 3.52. The number of nitrogens with zero attached hydrogens (tertiary/aromatic N) is 4. The second-order valence-electron chi connectivity index (χ2n) is 6.62. The minimum Gasteiger partial charge on any atom is -0.354 e. The SMILES string of the molecule is Cc1cc2[nH]ncc2cc1NC(=O)CN1CCN(c2ccccn2)CC1. The Hall–Kier alpha value is -2.93. The number of hydrogen-bond donors (Lipinski definition) is 2. The molecule has 1 aromatic carbocycles. The number of aromatic nitrogens is 3. The molecule has 26 heavy (non-hydrogen) atoms. The number of H-pyrrole nitrogens is 1. The fraction of sp³-hybridized carbons (Fsp3) is 0.316. The molecule has 1 aliphatic rings. The first-order valence-electron chi connectivity index (χ1n) is 8.81. The van der Waals surface area contributed by atoms with E-state index in [0.29, 0.717) is 6.54 Å². The molecule has 7 nitrogen and oxygen atoms in total. The minimum atomic E-state index is 0.0160. The van der Waals surface area contributed by atoms with Gasteiger partial charge in [0.1, 0.15) is 5.82 Å². The van der Waals surface area contributed by atoms with Crippen LogP contribution < -0.4 is 10.2 Å². The highest BCUT2D eigenvalue weighted by Crippen LogP contribution is 2.22. The average Bonchev–Trinajstić information content (AvgIpc) is 3.10. The Morgan fingerprint density at radius 2 is 2.08 bits per heavy atom. The summed E-state index contributed by atoms with van der Waals surface area (Å²) in [5.74, 6) is 1.02. The van der Waals surface area contributed by atoms with Gasteiger partial charge in [-0.3, -0.25) is 14.8 Å². The lowest BCUT2D eigenvalue weighted by Gasteiger charge is -2.34. The van der Waals surface area contributed by atoms with Gasteiger partial charge < -0.3 is 10.2 Å². The van der Waals surface area contributed by atoms with Gasteiger partial charge in [0.15, 0.2) is 0 Å². The molecule has 1 saturated heterocycles. The highest BCUT2D eigenvalue weighted by Gasteiger charge is 2.20. The van der Waals surface area contributed by atoms with Crippen LogP contribution in [-0.4, -0.2) is 58.7 Å². The maximum Gasteiger partial charge on any atom is 0.238 e. The Morgan fingerprint density at radius 3 is 2.85 bits per heavy atom. The van der Waals surface area contributed by atoms with Crippen LogP contribution in [0.4, 0.5) is 11.5 Å². The molecule has 4 rings (SSSR count). The predicted molar refractivity (Wildman–Crippen MR) is 102 cm³/mol. The number of nitrogens with one attached hydrogen (secondary N) is 2. The van der Waals surface area contributed by atoms with Crippen LogP contribution in [0.2, 0.25) is 0 Å².